The number of pyridine rings is 1. The van der Waals surface area contributed by atoms with Gasteiger partial charge in [-0.15, -0.1) is 0 Å². The maximum absolute atomic E-state index is 8.83. The van der Waals surface area contributed by atoms with Crippen molar-refractivity contribution >= 4 is 29.2 Å². The SMILES string of the molecule is N#CNc1nc(-c2ccc(Cl)c(Cl)c2)cc(-c2ccccn2)n1. The first-order valence-electron chi connectivity index (χ1n) is 6.58. The Morgan fingerprint density at radius 3 is 2.43 bits per heavy atom. The molecule has 5 nitrogen and oxygen atoms in total. The van der Waals surface area contributed by atoms with Crippen LogP contribution < -0.4 is 5.32 Å². The minimum atomic E-state index is 0.191. The minimum absolute atomic E-state index is 0.191. The number of aromatic nitrogens is 3. The first-order chi connectivity index (χ1) is 11.2. The Labute approximate surface area is 142 Å². The molecule has 0 saturated carbocycles. The molecule has 3 rings (SSSR count). The van der Waals surface area contributed by atoms with Crippen molar-refractivity contribution in [3.63, 3.8) is 0 Å². The average Bonchev–Trinajstić information content (AvgIpc) is 2.58. The summed E-state index contributed by atoms with van der Waals surface area (Å²) in [4.78, 5) is 12.9. The van der Waals surface area contributed by atoms with Gasteiger partial charge < -0.3 is 0 Å². The van der Waals surface area contributed by atoms with Crippen LogP contribution in [0.3, 0.4) is 0 Å². The van der Waals surface area contributed by atoms with Crippen molar-refractivity contribution in [3.8, 4) is 28.8 Å². The third kappa shape index (κ3) is 3.39. The lowest BCUT2D eigenvalue weighted by atomic mass is 10.1. The molecule has 112 valence electrons. The van der Waals surface area contributed by atoms with Crippen LogP contribution in [0.15, 0.2) is 48.7 Å². The molecule has 0 aliphatic rings. The molecule has 2 heterocycles. The third-order valence-electron chi connectivity index (χ3n) is 3.04. The van der Waals surface area contributed by atoms with Crippen molar-refractivity contribution in [2.45, 2.75) is 0 Å². The molecule has 0 aliphatic heterocycles. The second-order valence-corrected chi connectivity index (χ2v) is 5.36. The van der Waals surface area contributed by atoms with Gasteiger partial charge in [0.2, 0.25) is 5.95 Å². The number of hydrogen-bond donors (Lipinski definition) is 1. The fraction of sp³-hybridized carbons (Fsp3) is 0. The second-order valence-electron chi connectivity index (χ2n) is 4.54. The monoisotopic (exact) mass is 341 g/mol. The molecule has 0 saturated heterocycles. The summed E-state index contributed by atoms with van der Waals surface area (Å²) in [5.74, 6) is 0.191. The molecule has 0 spiro atoms. The molecule has 0 atom stereocenters. The normalized spacial score (nSPS) is 10.1. The number of hydrogen-bond acceptors (Lipinski definition) is 5. The Hall–Kier alpha value is -2.68. The van der Waals surface area contributed by atoms with Gasteiger partial charge in [-0.1, -0.05) is 35.3 Å². The van der Waals surface area contributed by atoms with Crippen LogP contribution >= 0.6 is 23.2 Å². The number of anilines is 1. The fourth-order valence-electron chi connectivity index (χ4n) is 2.00. The highest BCUT2D eigenvalue weighted by atomic mass is 35.5. The van der Waals surface area contributed by atoms with E-state index >= 15 is 0 Å². The highest BCUT2D eigenvalue weighted by Gasteiger charge is 2.10. The first kappa shape index (κ1) is 15.2. The largest absolute Gasteiger partial charge is 0.261 e. The molecule has 0 amide bonds. The Morgan fingerprint density at radius 2 is 1.74 bits per heavy atom. The van der Waals surface area contributed by atoms with Crippen molar-refractivity contribution in [2.24, 2.45) is 0 Å². The van der Waals surface area contributed by atoms with Crippen molar-refractivity contribution < 1.29 is 0 Å². The van der Waals surface area contributed by atoms with Gasteiger partial charge >= 0.3 is 0 Å². The van der Waals surface area contributed by atoms with Gasteiger partial charge in [0.15, 0.2) is 6.19 Å². The highest BCUT2D eigenvalue weighted by Crippen LogP contribution is 2.29. The molecule has 0 unspecified atom stereocenters. The molecule has 0 fully saturated rings. The summed E-state index contributed by atoms with van der Waals surface area (Å²) in [5.41, 5.74) is 2.65. The maximum atomic E-state index is 8.83. The number of nitriles is 1. The minimum Gasteiger partial charge on any atom is -0.261 e. The van der Waals surface area contributed by atoms with Gasteiger partial charge in [0.1, 0.15) is 0 Å². The molecular formula is C16H9Cl2N5. The standard InChI is InChI=1S/C16H9Cl2N5/c17-11-5-4-10(7-12(11)18)14-8-15(13-3-1-2-6-20-13)23-16(22-14)21-9-19/h1-8H,(H,21,22,23). The van der Waals surface area contributed by atoms with Crippen molar-refractivity contribution in [1.82, 2.24) is 15.0 Å². The molecule has 3 aromatic rings. The summed E-state index contributed by atoms with van der Waals surface area (Å²) in [6.07, 6.45) is 3.49. The third-order valence-corrected chi connectivity index (χ3v) is 3.78. The summed E-state index contributed by atoms with van der Waals surface area (Å²) in [6, 6.07) is 12.5. The van der Waals surface area contributed by atoms with Gasteiger partial charge in [0.05, 0.1) is 27.1 Å². The topological polar surface area (TPSA) is 74.5 Å². The van der Waals surface area contributed by atoms with Crippen LogP contribution in [0.5, 0.6) is 0 Å². The van der Waals surface area contributed by atoms with Crippen molar-refractivity contribution in [1.29, 1.82) is 5.26 Å². The summed E-state index contributed by atoms with van der Waals surface area (Å²) in [7, 11) is 0. The van der Waals surface area contributed by atoms with Crippen LogP contribution in [-0.4, -0.2) is 15.0 Å². The number of rotatable bonds is 3. The lowest BCUT2D eigenvalue weighted by Gasteiger charge is -2.08. The van der Waals surface area contributed by atoms with Crippen LogP contribution in [0.2, 0.25) is 10.0 Å². The molecule has 0 aliphatic carbocycles. The number of nitrogens with one attached hydrogen (secondary N) is 1. The number of halogens is 2. The predicted octanol–water partition coefficient (Wildman–Crippen LogP) is 4.41. The Morgan fingerprint density at radius 1 is 0.913 bits per heavy atom. The van der Waals surface area contributed by atoms with Crippen molar-refractivity contribution in [3.05, 3.63) is 58.7 Å². The van der Waals surface area contributed by atoms with Gasteiger partial charge in [-0.25, -0.2) is 9.97 Å². The summed E-state index contributed by atoms with van der Waals surface area (Å²) in [5, 5.41) is 12.2. The van der Waals surface area contributed by atoms with E-state index in [-0.39, 0.29) is 5.95 Å². The van der Waals surface area contributed by atoms with E-state index in [0.29, 0.717) is 27.1 Å². The zero-order chi connectivity index (χ0) is 16.2. The molecule has 0 bridgehead atoms. The van der Waals surface area contributed by atoms with Crippen LogP contribution in [0.25, 0.3) is 22.6 Å². The van der Waals surface area contributed by atoms with Gasteiger partial charge in [-0.3, -0.25) is 10.3 Å². The van der Waals surface area contributed by atoms with E-state index < -0.39 is 0 Å². The molecule has 2 aromatic heterocycles. The lowest BCUT2D eigenvalue weighted by molar-refractivity contribution is 1.15. The van der Waals surface area contributed by atoms with Crippen molar-refractivity contribution in [2.75, 3.05) is 5.32 Å². The zero-order valence-corrected chi connectivity index (χ0v) is 13.2. The molecule has 1 N–H and O–H groups in total. The average molecular weight is 342 g/mol. The van der Waals surface area contributed by atoms with Crippen LogP contribution in [0.4, 0.5) is 5.95 Å². The van der Waals surface area contributed by atoms with E-state index in [4.69, 9.17) is 28.5 Å². The van der Waals surface area contributed by atoms with Crippen LogP contribution in [-0.2, 0) is 0 Å². The Kier molecular flexibility index (Phi) is 4.38. The molecular weight excluding hydrogens is 333 g/mol. The van der Waals surface area contributed by atoms with E-state index in [9.17, 15) is 0 Å². The van der Waals surface area contributed by atoms with Gasteiger partial charge in [-0.05, 0) is 30.3 Å². The quantitative estimate of drug-likeness (QED) is 0.564. The smallest absolute Gasteiger partial charge is 0.237 e. The number of benzene rings is 1. The van der Waals surface area contributed by atoms with E-state index in [0.717, 1.165) is 5.56 Å². The summed E-state index contributed by atoms with van der Waals surface area (Å²) < 4.78 is 0. The second kappa shape index (κ2) is 6.61. The molecule has 7 heteroatoms. The summed E-state index contributed by atoms with van der Waals surface area (Å²) >= 11 is 12.0. The first-order valence-corrected chi connectivity index (χ1v) is 7.34. The maximum Gasteiger partial charge on any atom is 0.237 e. The van der Waals surface area contributed by atoms with Gasteiger partial charge in [0.25, 0.3) is 0 Å². The van der Waals surface area contributed by atoms with E-state index in [1.54, 1.807) is 30.5 Å². The molecule has 1 aromatic carbocycles. The predicted molar refractivity (Wildman–Crippen MR) is 90.0 cm³/mol. The van der Waals surface area contributed by atoms with E-state index in [1.165, 1.54) is 0 Å². The van der Waals surface area contributed by atoms with Crippen LogP contribution in [0.1, 0.15) is 0 Å². The molecule has 23 heavy (non-hydrogen) atoms. The lowest BCUT2D eigenvalue weighted by Crippen LogP contribution is -2.00. The van der Waals surface area contributed by atoms with Gasteiger partial charge in [0, 0.05) is 11.8 Å². The van der Waals surface area contributed by atoms with Crippen LogP contribution in [0, 0.1) is 11.5 Å². The number of nitrogens with zero attached hydrogens (tertiary/aromatic N) is 4. The Balaban J connectivity index is 2.14. The van der Waals surface area contributed by atoms with Gasteiger partial charge in [-0.2, -0.15) is 5.26 Å². The summed E-state index contributed by atoms with van der Waals surface area (Å²) in [6.45, 7) is 0. The van der Waals surface area contributed by atoms with E-state index in [1.807, 2.05) is 24.4 Å². The molecule has 0 radical (unpaired) electrons. The Bertz CT molecular complexity index is 891. The fourth-order valence-corrected chi connectivity index (χ4v) is 2.30. The highest BCUT2D eigenvalue weighted by molar-refractivity contribution is 6.42. The zero-order valence-electron chi connectivity index (χ0n) is 11.7. The van der Waals surface area contributed by atoms with E-state index in [2.05, 4.69) is 20.3 Å².